The molecule has 0 spiro atoms. The van der Waals surface area contributed by atoms with Gasteiger partial charge in [0.25, 0.3) is 0 Å². The van der Waals surface area contributed by atoms with Crippen molar-refractivity contribution in [3.63, 3.8) is 0 Å². The molecule has 0 unspecified atom stereocenters. The third-order valence-corrected chi connectivity index (χ3v) is 5.06. The van der Waals surface area contributed by atoms with E-state index in [1.54, 1.807) is 12.3 Å². The summed E-state index contributed by atoms with van der Waals surface area (Å²) >= 11 is 0. The quantitative estimate of drug-likeness (QED) is 0.651. The molecule has 156 valence electrons. The van der Waals surface area contributed by atoms with Crippen LogP contribution in [0.25, 0.3) is 11.8 Å². The molecule has 9 heteroatoms. The van der Waals surface area contributed by atoms with E-state index >= 15 is 0 Å². The van der Waals surface area contributed by atoms with Crippen molar-refractivity contribution in [2.24, 2.45) is 0 Å². The van der Waals surface area contributed by atoms with Crippen molar-refractivity contribution in [3.8, 4) is 17.2 Å². The van der Waals surface area contributed by atoms with Gasteiger partial charge in [-0.25, -0.2) is 9.07 Å². The number of hydrogen-bond acceptors (Lipinski definition) is 6. The Hall–Kier alpha value is -2.39. The molecule has 0 aliphatic carbocycles. The summed E-state index contributed by atoms with van der Waals surface area (Å²) in [4.78, 5) is 0. The Morgan fingerprint density at radius 1 is 1.14 bits per heavy atom. The second kappa shape index (κ2) is 8.16. The highest BCUT2D eigenvalue weighted by Crippen LogP contribution is 2.39. The van der Waals surface area contributed by atoms with Gasteiger partial charge in [-0.2, -0.15) is 0 Å². The minimum atomic E-state index is -1.08. The summed E-state index contributed by atoms with van der Waals surface area (Å²) in [7, 11) is -1.08. The molecule has 0 radical (unpaired) electrons. The summed E-state index contributed by atoms with van der Waals surface area (Å²) in [5, 5.41) is 8.15. The second-order valence-electron chi connectivity index (χ2n) is 7.70. The van der Waals surface area contributed by atoms with Crippen LogP contribution in [-0.2, 0) is 9.31 Å². The maximum absolute atomic E-state index is 14.7. The van der Waals surface area contributed by atoms with Crippen molar-refractivity contribution in [2.45, 2.75) is 52.7 Å². The predicted molar refractivity (Wildman–Crippen MR) is 109 cm³/mol. The highest BCUT2D eigenvalue weighted by molar-refractivity contribution is 6.54. The number of aromatic nitrogens is 3. The Bertz CT molecular complexity index is 882. The van der Waals surface area contributed by atoms with Gasteiger partial charge in [0.05, 0.1) is 30.6 Å². The summed E-state index contributed by atoms with van der Waals surface area (Å²) in [6, 6.07) is 5.45. The molecule has 1 saturated heterocycles. The third kappa shape index (κ3) is 4.46. The molecule has 29 heavy (non-hydrogen) atoms. The van der Waals surface area contributed by atoms with Crippen LogP contribution in [0.4, 0.5) is 4.39 Å². The van der Waals surface area contributed by atoms with Gasteiger partial charge in [-0.3, -0.25) is 0 Å². The molecule has 1 aromatic carbocycles. The fourth-order valence-corrected chi connectivity index (χ4v) is 2.84. The Morgan fingerprint density at radius 3 is 2.41 bits per heavy atom. The van der Waals surface area contributed by atoms with E-state index in [9.17, 15) is 4.39 Å². The van der Waals surface area contributed by atoms with Gasteiger partial charge in [0.15, 0.2) is 0 Å². The Kier molecular flexibility index (Phi) is 6.00. The van der Waals surface area contributed by atoms with Crippen molar-refractivity contribution in [1.82, 2.24) is 15.0 Å². The standard InChI is InChI=1S/C20H27BFN3O4/c1-7-26-15-9-10-17(27-8-2)16(12-15)25-13-14(23-24-25)11-18(22)21-28-19(3,4)20(5,6)29-21/h9-13H,7-8H2,1-6H3. The van der Waals surface area contributed by atoms with Crippen LogP contribution in [-0.4, -0.2) is 46.5 Å². The highest BCUT2D eigenvalue weighted by Gasteiger charge is 2.53. The molecule has 0 atom stereocenters. The molecule has 1 aromatic heterocycles. The molecule has 1 aliphatic heterocycles. The van der Waals surface area contributed by atoms with E-state index in [0.717, 1.165) is 0 Å². The predicted octanol–water partition coefficient (Wildman–Crippen LogP) is 4.01. The van der Waals surface area contributed by atoms with Crippen LogP contribution < -0.4 is 9.47 Å². The minimum absolute atomic E-state index is 0.335. The summed E-state index contributed by atoms with van der Waals surface area (Å²) in [6.45, 7) is 12.3. The van der Waals surface area contributed by atoms with E-state index in [-0.39, 0.29) is 0 Å². The molecule has 2 aromatic rings. The summed E-state index contributed by atoms with van der Waals surface area (Å²) < 4.78 is 38.9. The zero-order valence-corrected chi connectivity index (χ0v) is 17.7. The lowest BCUT2D eigenvalue weighted by atomic mass is 9.87. The number of nitrogens with zero attached hydrogens (tertiary/aromatic N) is 3. The normalized spacial score (nSPS) is 18.2. The lowest BCUT2D eigenvalue weighted by molar-refractivity contribution is 0.00578. The van der Waals surface area contributed by atoms with Crippen LogP contribution in [0, 0.1) is 0 Å². The zero-order chi connectivity index (χ0) is 21.2. The molecular weight excluding hydrogens is 376 g/mol. The van der Waals surface area contributed by atoms with Crippen LogP contribution >= 0.6 is 0 Å². The van der Waals surface area contributed by atoms with E-state index in [2.05, 4.69) is 10.3 Å². The van der Waals surface area contributed by atoms with Crippen LogP contribution in [0.5, 0.6) is 11.5 Å². The second-order valence-corrected chi connectivity index (χ2v) is 7.70. The van der Waals surface area contributed by atoms with Gasteiger partial charge < -0.3 is 18.8 Å². The van der Waals surface area contributed by atoms with Gasteiger partial charge in [-0.05, 0) is 59.8 Å². The molecule has 7 nitrogen and oxygen atoms in total. The van der Waals surface area contributed by atoms with E-state index in [4.69, 9.17) is 18.8 Å². The van der Waals surface area contributed by atoms with Crippen molar-refractivity contribution in [3.05, 3.63) is 35.8 Å². The van der Waals surface area contributed by atoms with Crippen molar-refractivity contribution < 1.29 is 23.2 Å². The van der Waals surface area contributed by atoms with Gasteiger partial charge in [0.1, 0.15) is 28.6 Å². The van der Waals surface area contributed by atoms with E-state index in [1.807, 2.05) is 53.7 Å². The average Bonchev–Trinajstić information content (AvgIpc) is 3.18. The molecule has 1 aliphatic rings. The summed E-state index contributed by atoms with van der Waals surface area (Å²) in [5.41, 5.74) is -0.815. The van der Waals surface area contributed by atoms with Gasteiger partial charge in [-0.15, -0.1) is 5.10 Å². The van der Waals surface area contributed by atoms with Gasteiger partial charge in [0.2, 0.25) is 0 Å². The molecule has 1 fully saturated rings. The van der Waals surface area contributed by atoms with E-state index < -0.39 is 24.0 Å². The van der Waals surface area contributed by atoms with Crippen molar-refractivity contribution in [2.75, 3.05) is 13.2 Å². The van der Waals surface area contributed by atoms with E-state index in [1.165, 1.54) is 10.8 Å². The average molecular weight is 403 g/mol. The van der Waals surface area contributed by atoms with E-state index in [0.29, 0.717) is 36.1 Å². The Balaban J connectivity index is 1.86. The first-order chi connectivity index (χ1) is 13.7. The lowest BCUT2D eigenvalue weighted by Crippen LogP contribution is -2.41. The smallest absolute Gasteiger partial charge is 0.494 e. The van der Waals surface area contributed by atoms with Crippen molar-refractivity contribution in [1.29, 1.82) is 0 Å². The first-order valence-corrected chi connectivity index (χ1v) is 9.72. The largest absolute Gasteiger partial charge is 0.525 e. The number of halogens is 1. The zero-order valence-electron chi connectivity index (χ0n) is 17.7. The molecule has 3 rings (SSSR count). The molecule has 0 bridgehead atoms. The first-order valence-electron chi connectivity index (χ1n) is 9.72. The maximum Gasteiger partial charge on any atom is 0.525 e. The molecule has 2 heterocycles. The van der Waals surface area contributed by atoms with Crippen LogP contribution in [0.3, 0.4) is 0 Å². The molecule has 0 saturated carbocycles. The monoisotopic (exact) mass is 403 g/mol. The highest BCUT2D eigenvalue weighted by atomic mass is 19.1. The number of rotatable bonds is 7. The fraction of sp³-hybridized carbons (Fsp3) is 0.500. The Morgan fingerprint density at radius 2 is 1.79 bits per heavy atom. The van der Waals surface area contributed by atoms with Gasteiger partial charge in [-0.1, -0.05) is 5.21 Å². The van der Waals surface area contributed by atoms with Crippen LogP contribution in [0.15, 0.2) is 30.1 Å². The Labute approximate surface area is 170 Å². The fourth-order valence-electron chi connectivity index (χ4n) is 2.84. The minimum Gasteiger partial charge on any atom is -0.494 e. The van der Waals surface area contributed by atoms with Crippen LogP contribution in [0.2, 0.25) is 0 Å². The first kappa shape index (κ1) is 21.3. The lowest BCUT2D eigenvalue weighted by Gasteiger charge is -2.32. The van der Waals surface area contributed by atoms with Crippen molar-refractivity contribution >= 4 is 13.2 Å². The number of benzene rings is 1. The summed E-state index contributed by atoms with van der Waals surface area (Å²) in [5.74, 6) is 1.31. The van der Waals surface area contributed by atoms with Crippen LogP contribution in [0.1, 0.15) is 47.2 Å². The number of hydrogen-bond donors (Lipinski definition) is 0. The maximum atomic E-state index is 14.7. The topological polar surface area (TPSA) is 67.6 Å². The third-order valence-electron chi connectivity index (χ3n) is 5.06. The summed E-state index contributed by atoms with van der Waals surface area (Å²) in [6.07, 6.45) is 2.87. The molecule has 0 amide bonds. The number of ether oxygens (including phenoxy) is 2. The molecular formula is C20H27BFN3O4. The van der Waals surface area contributed by atoms with Gasteiger partial charge in [0, 0.05) is 6.07 Å². The molecule has 0 N–H and O–H groups in total. The van der Waals surface area contributed by atoms with Gasteiger partial charge >= 0.3 is 7.12 Å². The SMILES string of the molecule is CCOc1ccc(OCC)c(-n2cc(C=C(F)B3OC(C)(C)C(C)(C)O3)nn2)c1.